The molecular formula is C18H35NO4. The number of likely N-dealkylation sites (tertiary alicyclic amines) is 1. The summed E-state index contributed by atoms with van der Waals surface area (Å²) in [6.07, 6.45) is 2.54. The topological polar surface area (TPSA) is 48.0 Å². The summed E-state index contributed by atoms with van der Waals surface area (Å²) in [4.78, 5) is 14.1. The van der Waals surface area contributed by atoms with Crippen LogP contribution in [-0.2, 0) is 14.2 Å². The monoisotopic (exact) mass is 329 g/mol. The normalized spacial score (nSPS) is 23.0. The smallest absolute Gasteiger partial charge is 0.410 e. The summed E-state index contributed by atoms with van der Waals surface area (Å²) in [6, 6.07) is 0. The fourth-order valence-electron chi connectivity index (χ4n) is 2.69. The molecule has 0 saturated carbocycles. The zero-order valence-corrected chi connectivity index (χ0v) is 16.0. The summed E-state index contributed by atoms with van der Waals surface area (Å²) in [5, 5.41) is 0. The summed E-state index contributed by atoms with van der Waals surface area (Å²) >= 11 is 0. The van der Waals surface area contributed by atoms with Gasteiger partial charge in [-0.15, -0.1) is 0 Å². The third-order valence-electron chi connectivity index (χ3n) is 3.86. The van der Waals surface area contributed by atoms with Crippen molar-refractivity contribution >= 4 is 6.09 Å². The number of hydrogen-bond donors (Lipinski definition) is 0. The maximum Gasteiger partial charge on any atom is 0.410 e. The molecule has 23 heavy (non-hydrogen) atoms. The zero-order valence-electron chi connectivity index (χ0n) is 16.0. The second-order valence-electron chi connectivity index (χ2n) is 8.35. The Kier molecular flexibility index (Phi) is 6.90. The SMILES string of the molecule is CCC1(OCCOC(C)(C)C)CCCN(C(=O)OC(C)(C)C)C1. The van der Waals surface area contributed by atoms with E-state index in [4.69, 9.17) is 14.2 Å². The van der Waals surface area contributed by atoms with E-state index in [-0.39, 0.29) is 17.3 Å². The molecule has 1 aliphatic rings. The summed E-state index contributed by atoms with van der Waals surface area (Å²) in [7, 11) is 0. The molecule has 0 aromatic carbocycles. The number of carbonyl (C=O) groups excluding carboxylic acids is 1. The lowest BCUT2D eigenvalue weighted by Crippen LogP contribution is -2.52. The zero-order chi connectivity index (χ0) is 17.7. The first-order chi connectivity index (χ1) is 10.5. The molecule has 5 nitrogen and oxygen atoms in total. The first-order valence-electron chi connectivity index (χ1n) is 8.72. The van der Waals surface area contributed by atoms with E-state index in [0.29, 0.717) is 19.8 Å². The number of nitrogens with zero attached hydrogens (tertiary/aromatic N) is 1. The largest absolute Gasteiger partial charge is 0.444 e. The van der Waals surface area contributed by atoms with E-state index in [1.165, 1.54) is 0 Å². The number of hydrogen-bond acceptors (Lipinski definition) is 4. The molecule has 1 fully saturated rings. The Hall–Kier alpha value is -0.810. The van der Waals surface area contributed by atoms with Crippen LogP contribution in [0, 0.1) is 0 Å². The van der Waals surface area contributed by atoms with Gasteiger partial charge in [0.25, 0.3) is 0 Å². The first kappa shape index (κ1) is 20.2. The molecule has 0 N–H and O–H groups in total. The van der Waals surface area contributed by atoms with Gasteiger partial charge in [0.15, 0.2) is 0 Å². The maximum absolute atomic E-state index is 12.3. The molecule has 1 unspecified atom stereocenters. The van der Waals surface area contributed by atoms with Crippen molar-refractivity contribution in [3.63, 3.8) is 0 Å². The molecule has 0 aromatic rings. The van der Waals surface area contributed by atoms with Crippen molar-refractivity contribution in [2.75, 3.05) is 26.3 Å². The van der Waals surface area contributed by atoms with E-state index < -0.39 is 5.60 Å². The molecule has 1 amide bonds. The first-order valence-corrected chi connectivity index (χ1v) is 8.72. The van der Waals surface area contributed by atoms with Crippen LogP contribution >= 0.6 is 0 Å². The lowest BCUT2D eigenvalue weighted by molar-refractivity contribution is -0.119. The van der Waals surface area contributed by atoms with Crippen LogP contribution in [0.1, 0.15) is 67.7 Å². The van der Waals surface area contributed by atoms with Gasteiger partial charge >= 0.3 is 6.09 Å². The maximum atomic E-state index is 12.3. The van der Waals surface area contributed by atoms with Crippen molar-refractivity contribution in [1.82, 2.24) is 4.90 Å². The third kappa shape index (κ3) is 7.53. The van der Waals surface area contributed by atoms with Gasteiger partial charge in [0, 0.05) is 6.54 Å². The van der Waals surface area contributed by atoms with Crippen LogP contribution in [0.25, 0.3) is 0 Å². The Balaban J connectivity index is 2.55. The standard InChI is InChI=1S/C18H35NO4/c1-8-18(22-13-12-21-16(2,3)4)10-9-11-19(14-18)15(20)23-17(5,6)7/h8-14H2,1-7H3. The predicted octanol–water partition coefficient (Wildman–Crippen LogP) is 4.00. The quantitative estimate of drug-likeness (QED) is 0.715. The molecular weight excluding hydrogens is 294 g/mol. The molecule has 0 spiro atoms. The van der Waals surface area contributed by atoms with E-state index >= 15 is 0 Å². The van der Waals surface area contributed by atoms with E-state index in [1.54, 1.807) is 4.90 Å². The molecule has 1 saturated heterocycles. The second-order valence-corrected chi connectivity index (χ2v) is 8.35. The highest BCUT2D eigenvalue weighted by Crippen LogP contribution is 2.29. The van der Waals surface area contributed by atoms with Gasteiger partial charge in [0.1, 0.15) is 5.60 Å². The highest BCUT2D eigenvalue weighted by atomic mass is 16.6. The van der Waals surface area contributed by atoms with Crippen LogP contribution in [0.5, 0.6) is 0 Å². The van der Waals surface area contributed by atoms with Crippen LogP contribution in [0.4, 0.5) is 4.79 Å². The minimum Gasteiger partial charge on any atom is -0.444 e. The van der Waals surface area contributed by atoms with Gasteiger partial charge < -0.3 is 19.1 Å². The van der Waals surface area contributed by atoms with Gasteiger partial charge in [-0.1, -0.05) is 6.92 Å². The minimum absolute atomic E-state index is 0.155. The van der Waals surface area contributed by atoms with Gasteiger partial charge in [-0.3, -0.25) is 0 Å². The number of amides is 1. The number of rotatable bonds is 5. The lowest BCUT2D eigenvalue weighted by Gasteiger charge is -2.42. The van der Waals surface area contributed by atoms with Gasteiger partial charge in [0.2, 0.25) is 0 Å². The molecule has 1 atom stereocenters. The number of ether oxygens (including phenoxy) is 3. The van der Waals surface area contributed by atoms with E-state index in [2.05, 4.69) is 6.92 Å². The summed E-state index contributed by atoms with van der Waals surface area (Å²) in [5.74, 6) is 0. The Labute approximate surface area is 141 Å². The van der Waals surface area contributed by atoms with Crippen molar-refractivity contribution in [2.24, 2.45) is 0 Å². The fourth-order valence-corrected chi connectivity index (χ4v) is 2.69. The average molecular weight is 329 g/mol. The summed E-state index contributed by atoms with van der Waals surface area (Å²) in [5.41, 5.74) is -0.904. The molecule has 0 bridgehead atoms. The highest BCUT2D eigenvalue weighted by molar-refractivity contribution is 5.68. The van der Waals surface area contributed by atoms with Crippen molar-refractivity contribution in [3.05, 3.63) is 0 Å². The lowest BCUT2D eigenvalue weighted by atomic mass is 9.90. The molecule has 136 valence electrons. The Morgan fingerprint density at radius 3 is 2.26 bits per heavy atom. The summed E-state index contributed by atoms with van der Waals surface area (Å²) in [6.45, 7) is 16.3. The van der Waals surface area contributed by atoms with Crippen molar-refractivity contribution in [2.45, 2.75) is 84.5 Å². The molecule has 0 aromatic heterocycles. The molecule has 5 heteroatoms. The number of piperidine rings is 1. The Morgan fingerprint density at radius 1 is 1.09 bits per heavy atom. The number of carbonyl (C=O) groups is 1. The van der Waals surface area contributed by atoms with Crippen LogP contribution in [-0.4, -0.2) is 54.1 Å². The molecule has 1 rings (SSSR count). The Bertz CT molecular complexity index is 383. The third-order valence-corrected chi connectivity index (χ3v) is 3.86. The van der Waals surface area contributed by atoms with Gasteiger partial charge in [-0.2, -0.15) is 0 Å². The van der Waals surface area contributed by atoms with Crippen molar-refractivity contribution < 1.29 is 19.0 Å². The highest BCUT2D eigenvalue weighted by Gasteiger charge is 2.38. The second kappa shape index (κ2) is 7.84. The molecule has 0 radical (unpaired) electrons. The van der Waals surface area contributed by atoms with E-state index in [0.717, 1.165) is 25.8 Å². The van der Waals surface area contributed by atoms with Crippen LogP contribution in [0.2, 0.25) is 0 Å². The van der Waals surface area contributed by atoms with Crippen LogP contribution in [0.15, 0.2) is 0 Å². The molecule has 1 aliphatic heterocycles. The fraction of sp³-hybridized carbons (Fsp3) is 0.944. The van der Waals surface area contributed by atoms with E-state index in [9.17, 15) is 4.79 Å². The van der Waals surface area contributed by atoms with Gasteiger partial charge in [-0.05, 0) is 60.8 Å². The average Bonchev–Trinajstić information content (AvgIpc) is 2.41. The van der Waals surface area contributed by atoms with E-state index in [1.807, 2.05) is 41.5 Å². The van der Waals surface area contributed by atoms with Crippen LogP contribution in [0.3, 0.4) is 0 Å². The minimum atomic E-state index is -0.467. The van der Waals surface area contributed by atoms with Crippen molar-refractivity contribution in [1.29, 1.82) is 0 Å². The molecule has 0 aliphatic carbocycles. The molecule has 1 heterocycles. The predicted molar refractivity (Wildman–Crippen MR) is 91.7 cm³/mol. The van der Waals surface area contributed by atoms with Gasteiger partial charge in [0.05, 0.1) is 31.0 Å². The summed E-state index contributed by atoms with van der Waals surface area (Å²) < 4.78 is 17.4. The Morgan fingerprint density at radius 2 is 1.74 bits per heavy atom. The van der Waals surface area contributed by atoms with Gasteiger partial charge in [-0.25, -0.2) is 4.79 Å². The van der Waals surface area contributed by atoms with Crippen LogP contribution < -0.4 is 0 Å². The van der Waals surface area contributed by atoms with Crippen molar-refractivity contribution in [3.8, 4) is 0 Å².